The van der Waals surface area contributed by atoms with Gasteiger partial charge in [0.05, 0.1) is 17.7 Å². The summed E-state index contributed by atoms with van der Waals surface area (Å²) in [5.74, 6) is -0.337. The summed E-state index contributed by atoms with van der Waals surface area (Å²) in [5.41, 5.74) is 4.47. The Morgan fingerprint density at radius 2 is 2.04 bits per heavy atom. The Morgan fingerprint density at radius 1 is 1.28 bits per heavy atom. The van der Waals surface area contributed by atoms with Crippen LogP contribution in [-0.2, 0) is 11.2 Å². The molecule has 0 aliphatic carbocycles. The highest BCUT2D eigenvalue weighted by Gasteiger charge is 2.14. The predicted molar refractivity (Wildman–Crippen MR) is 98.8 cm³/mol. The van der Waals surface area contributed by atoms with Gasteiger partial charge in [-0.3, -0.25) is 4.79 Å². The van der Waals surface area contributed by atoms with Crippen LogP contribution in [0.25, 0.3) is 11.0 Å². The second-order valence-corrected chi connectivity index (χ2v) is 6.88. The first-order chi connectivity index (χ1) is 11.8. The molecule has 3 rings (SSSR count). The number of furan rings is 1. The molecule has 0 unspecified atom stereocenters. The molecule has 0 spiro atoms. The number of benzene rings is 2. The molecular formula is C20H19ClFNO2. The number of hydrogen-bond acceptors (Lipinski definition) is 2. The first kappa shape index (κ1) is 17.5. The maximum Gasteiger partial charge on any atom is 0.228 e. The van der Waals surface area contributed by atoms with Crippen LogP contribution in [0.5, 0.6) is 0 Å². The van der Waals surface area contributed by atoms with E-state index in [0.717, 1.165) is 16.5 Å². The molecule has 0 saturated heterocycles. The fraction of sp³-hybridized carbons (Fsp3) is 0.250. The number of amides is 1. The summed E-state index contributed by atoms with van der Waals surface area (Å²) in [7, 11) is 0. The monoisotopic (exact) mass is 359 g/mol. The Balaban J connectivity index is 1.83. The second-order valence-electron chi connectivity index (χ2n) is 6.47. The minimum Gasteiger partial charge on any atom is -0.464 e. The smallest absolute Gasteiger partial charge is 0.228 e. The SMILES string of the molecule is Cc1cc2occ(CC(=O)Nc3ccc(F)c(Cl)c3)c2cc1C(C)C. The van der Waals surface area contributed by atoms with Gasteiger partial charge in [0.1, 0.15) is 11.4 Å². The maximum absolute atomic E-state index is 13.2. The number of hydrogen-bond donors (Lipinski definition) is 1. The Morgan fingerprint density at radius 3 is 2.72 bits per heavy atom. The largest absolute Gasteiger partial charge is 0.464 e. The van der Waals surface area contributed by atoms with E-state index in [0.29, 0.717) is 11.6 Å². The fourth-order valence-electron chi connectivity index (χ4n) is 2.96. The lowest BCUT2D eigenvalue weighted by Crippen LogP contribution is -2.14. The van der Waals surface area contributed by atoms with E-state index in [9.17, 15) is 9.18 Å². The minimum atomic E-state index is -0.517. The maximum atomic E-state index is 13.2. The van der Waals surface area contributed by atoms with E-state index in [4.69, 9.17) is 16.0 Å². The summed E-state index contributed by atoms with van der Waals surface area (Å²) in [6.45, 7) is 6.33. The van der Waals surface area contributed by atoms with Crippen LogP contribution >= 0.6 is 11.6 Å². The summed E-state index contributed by atoms with van der Waals surface area (Å²) in [6, 6.07) is 8.19. The molecule has 0 saturated carbocycles. The lowest BCUT2D eigenvalue weighted by molar-refractivity contribution is -0.115. The molecule has 3 nitrogen and oxygen atoms in total. The Bertz CT molecular complexity index is 946. The van der Waals surface area contributed by atoms with E-state index >= 15 is 0 Å². The number of carbonyl (C=O) groups excluding carboxylic acids is 1. The van der Waals surface area contributed by atoms with Crippen molar-refractivity contribution in [1.82, 2.24) is 0 Å². The third-order valence-electron chi connectivity index (χ3n) is 4.22. The average molecular weight is 360 g/mol. The zero-order chi connectivity index (χ0) is 18.1. The lowest BCUT2D eigenvalue weighted by atomic mass is 9.95. The van der Waals surface area contributed by atoms with Gasteiger partial charge in [0.25, 0.3) is 0 Å². The van der Waals surface area contributed by atoms with Gasteiger partial charge in [-0.1, -0.05) is 25.4 Å². The van der Waals surface area contributed by atoms with Crippen molar-refractivity contribution in [3.8, 4) is 0 Å². The quantitative estimate of drug-likeness (QED) is 0.636. The topological polar surface area (TPSA) is 42.2 Å². The van der Waals surface area contributed by atoms with Gasteiger partial charge < -0.3 is 9.73 Å². The number of nitrogens with one attached hydrogen (secondary N) is 1. The third kappa shape index (κ3) is 3.69. The molecule has 0 radical (unpaired) electrons. The Labute approximate surface area is 150 Å². The molecule has 2 aromatic carbocycles. The van der Waals surface area contributed by atoms with Crippen molar-refractivity contribution < 1.29 is 13.6 Å². The van der Waals surface area contributed by atoms with E-state index in [-0.39, 0.29) is 17.4 Å². The molecule has 1 N–H and O–H groups in total. The van der Waals surface area contributed by atoms with Crippen LogP contribution in [-0.4, -0.2) is 5.91 Å². The molecular weight excluding hydrogens is 341 g/mol. The number of aryl methyl sites for hydroxylation is 1. The van der Waals surface area contributed by atoms with E-state index in [1.165, 1.54) is 29.3 Å². The lowest BCUT2D eigenvalue weighted by Gasteiger charge is -2.10. The summed E-state index contributed by atoms with van der Waals surface area (Å²) in [6.07, 6.45) is 1.79. The summed E-state index contributed by atoms with van der Waals surface area (Å²) in [5, 5.41) is 3.65. The molecule has 0 aliphatic rings. The van der Waals surface area contributed by atoms with Crippen molar-refractivity contribution in [2.75, 3.05) is 5.32 Å². The molecule has 25 heavy (non-hydrogen) atoms. The molecule has 0 bridgehead atoms. The Hall–Kier alpha value is -2.33. The van der Waals surface area contributed by atoms with E-state index < -0.39 is 5.82 Å². The first-order valence-electron chi connectivity index (χ1n) is 8.10. The van der Waals surface area contributed by atoms with Crippen LogP contribution in [0, 0.1) is 12.7 Å². The number of anilines is 1. The number of halogens is 2. The molecule has 5 heteroatoms. The molecule has 3 aromatic rings. The van der Waals surface area contributed by atoms with Crippen LogP contribution < -0.4 is 5.32 Å². The minimum absolute atomic E-state index is 0.0244. The summed E-state index contributed by atoms with van der Waals surface area (Å²) < 4.78 is 18.8. The molecule has 1 heterocycles. The van der Waals surface area contributed by atoms with Crippen LogP contribution in [0.2, 0.25) is 5.02 Å². The van der Waals surface area contributed by atoms with Crippen molar-refractivity contribution in [2.24, 2.45) is 0 Å². The number of fused-ring (bicyclic) bond motifs is 1. The number of carbonyl (C=O) groups is 1. The van der Waals surface area contributed by atoms with Crippen LogP contribution in [0.3, 0.4) is 0 Å². The van der Waals surface area contributed by atoms with E-state index in [1.807, 2.05) is 6.07 Å². The van der Waals surface area contributed by atoms with Gasteiger partial charge >= 0.3 is 0 Å². The molecule has 0 fully saturated rings. The van der Waals surface area contributed by atoms with Gasteiger partial charge in [0, 0.05) is 16.6 Å². The first-order valence-corrected chi connectivity index (χ1v) is 8.48. The van der Waals surface area contributed by atoms with Crippen molar-refractivity contribution in [1.29, 1.82) is 0 Å². The zero-order valence-corrected chi connectivity index (χ0v) is 15.1. The molecule has 1 aromatic heterocycles. The molecule has 1 amide bonds. The van der Waals surface area contributed by atoms with Gasteiger partial charge in [0.2, 0.25) is 5.91 Å². The van der Waals surface area contributed by atoms with Crippen molar-refractivity contribution >= 4 is 34.2 Å². The van der Waals surface area contributed by atoms with E-state index in [2.05, 4.69) is 32.2 Å². The summed E-state index contributed by atoms with van der Waals surface area (Å²) >= 11 is 5.74. The highest BCUT2D eigenvalue weighted by Crippen LogP contribution is 2.29. The fourth-order valence-corrected chi connectivity index (χ4v) is 3.14. The van der Waals surface area contributed by atoms with Crippen molar-refractivity contribution in [2.45, 2.75) is 33.1 Å². The molecule has 0 aliphatic heterocycles. The Kier molecular flexibility index (Phi) is 4.82. The van der Waals surface area contributed by atoms with Gasteiger partial charge in [-0.05, 0) is 54.3 Å². The van der Waals surface area contributed by atoms with Crippen LogP contribution in [0.15, 0.2) is 41.0 Å². The zero-order valence-electron chi connectivity index (χ0n) is 14.3. The van der Waals surface area contributed by atoms with Crippen molar-refractivity contribution in [3.05, 3.63) is 64.1 Å². The number of rotatable bonds is 4. The highest BCUT2D eigenvalue weighted by molar-refractivity contribution is 6.31. The van der Waals surface area contributed by atoms with Gasteiger partial charge in [-0.25, -0.2) is 4.39 Å². The van der Waals surface area contributed by atoms with Crippen molar-refractivity contribution in [3.63, 3.8) is 0 Å². The van der Waals surface area contributed by atoms with Gasteiger partial charge in [-0.2, -0.15) is 0 Å². The average Bonchev–Trinajstić information content (AvgIpc) is 2.91. The summed E-state index contributed by atoms with van der Waals surface area (Å²) in [4.78, 5) is 12.3. The molecule has 0 atom stereocenters. The van der Waals surface area contributed by atoms with Gasteiger partial charge in [-0.15, -0.1) is 0 Å². The van der Waals surface area contributed by atoms with E-state index in [1.54, 1.807) is 6.26 Å². The molecule has 130 valence electrons. The third-order valence-corrected chi connectivity index (χ3v) is 4.51. The normalized spacial score (nSPS) is 11.3. The van der Waals surface area contributed by atoms with Crippen LogP contribution in [0.4, 0.5) is 10.1 Å². The predicted octanol–water partition coefficient (Wildman–Crippen LogP) is 5.84. The standard InChI is InChI=1S/C20H19ClFNO2/c1-11(2)15-9-16-13(10-25-19(16)6-12(15)3)7-20(24)23-14-4-5-18(22)17(21)8-14/h4-6,8-11H,7H2,1-3H3,(H,23,24). The van der Waals surface area contributed by atoms with Gasteiger partial charge in [0.15, 0.2) is 0 Å². The van der Waals surface area contributed by atoms with Crippen LogP contribution in [0.1, 0.15) is 36.5 Å². The highest BCUT2D eigenvalue weighted by atomic mass is 35.5. The second kappa shape index (κ2) is 6.89.